The van der Waals surface area contributed by atoms with Crippen molar-refractivity contribution in [1.29, 1.82) is 0 Å². The highest BCUT2D eigenvalue weighted by Crippen LogP contribution is 2.38. The van der Waals surface area contributed by atoms with Crippen LogP contribution in [-0.2, 0) is 33.3 Å². The number of hydrogen-bond donors (Lipinski definition) is 11. The van der Waals surface area contributed by atoms with E-state index >= 15 is 0 Å². The van der Waals surface area contributed by atoms with E-state index in [1.54, 1.807) is 51.2 Å². The molecule has 2 fully saturated rings. The predicted octanol–water partition coefficient (Wildman–Crippen LogP) is 1.02. The molecule has 0 aromatic heterocycles. The molecule has 18 heteroatoms. The summed E-state index contributed by atoms with van der Waals surface area (Å²) in [4.78, 5) is 25.7. The molecule has 3 aliphatic rings. The van der Waals surface area contributed by atoms with Gasteiger partial charge in [0.25, 0.3) is 0 Å². The molecule has 2 saturated heterocycles. The average molecular weight is 940 g/mol. The molecule has 3 heterocycles. The molecule has 66 heavy (non-hydrogen) atoms. The summed E-state index contributed by atoms with van der Waals surface area (Å²) in [5, 5.41) is 109. The smallest absolute Gasteiger partial charge is 0.313 e. The molecule has 0 aliphatic carbocycles. The monoisotopic (exact) mass is 940 g/mol. The number of allylic oxidation sites excluding steroid dienone is 10. The van der Waals surface area contributed by atoms with E-state index in [0.29, 0.717) is 0 Å². The Morgan fingerprint density at radius 2 is 1.32 bits per heavy atom. The fourth-order valence-electron chi connectivity index (χ4n) is 8.25. The van der Waals surface area contributed by atoms with Crippen LogP contribution in [0.4, 0.5) is 0 Å². The van der Waals surface area contributed by atoms with Crippen molar-refractivity contribution < 1.29 is 84.3 Å². The van der Waals surface area contributed by atoms with E-state index in [-0.39, 0.29) is 31.6 Å². The molecular weight excluding hydrogens is 863 g/mol. The molecular formula is C48H77NO17. The Balaban J connectivity index is 1.86. The fraction of sp³-hybridized carbons (Fsp3) is 0.708. The number of hydrogen-bond acceptors (Lipinski definition) is 18. The zero-order chi connectivity index (χ0) is 49.1. The molecule has 0 aromatic rings. The Morgan fingerprint density at radius 1 is 0.697 bits per heavy atom. The molecule has 0 radical (unpaired) electrons. The highest BCUT2D eigenvalue weighted by atomic mass is 16.7. The Morgan fingerprint density at radius 3 is 1.98 bits per heavy atom. The largest absolute Gasteiger partial charge is 0.469 e. The van der Waals surface area contributed by atoms with Gasteiger partial charge in [-0.15, -0.1) is 0 Å². The van der Waals surface area contributed by atoms with Gasteiger partial charge in [0, 0.05) is 37.5 Å². The number of esters is 2. The molecule has 18 nitrogen and oxygen atoms in total. The molecule has 3 rings (SSSR count). The molecule has 0 spiro atoms. The third kappa shape index (κ3) is 18.7. The van der Waals surface area contributed by atoms with Crippen molar-refractivity contribution in [3.8, 4) is 0 Å². The van der Waals surface area contributed by atoms with Crippen LogP contribution in [0.3, 0.4) is 0 Å². The summed E-state index contributed by atoms with van der Waals surface area (Å²) in [6.45, 7) is 6.82. The molecule has 0 saturated carbocycles. The second-order valence-corrected chi connectivity index (χ2v) is 18.0. The van der Waals surface area contributed by atoms with Crippen molar-refractivity contribution >= 4 is 11.9 Å². The first-order chi connectivity index (χ1) is 31.2. The Hall–Kier alpha value is -3.18. The van der Waals surface area contributed by atoms with Crippen LogP contribution in [0.1, 0.15) is 91.9 Å². The summed E-state index contributed by atoms with van der Waals surface area (Å²) < 4.78 is 28.4. The molecule has 3 aliphatic heterocycles. The minimum Gasteiger partial charge on any atom is -0.469 e. The van der Waals surface area contributed by atoms with Crippen molar-refractivity contribution in [2.24, 2.45) is 23.5 Å². The maximum atomic E-state index is 13.1. The maximum absolute atomic E-state index is 13.1. The number of ether oxygens (including phenoxy) is 5. The molecule has 0 amide bonds. The second-order valence-electron chi connectivity index (χ2n) is 18.0. The number of carbonyl (C=O) groups excluding carboxylic acids is 2. The lowest BCUT2D eigenvalue weighted by Gasteiger charge is -2.45. The topological polar surface area (TPSA) is 309 Å². The Labute approximate surface area is 388 Å². The van der Waals surface area contributed by atoms with Crippen molar-refractivity contribution in [1.82, 2.24) is 0 Å². The van der Waals surface area contributed by atoms with Gasteiger partial charge >= 0.3 is 11.9 Å². The summed E-state index contributed by atoms with van der Waals surface area (Å²) >= 11 is 0. The van der Waals surface area contributed by atoms with E-state index in [0.717, 1.165) is 20.0 Å². The summed E-state index contributed by atoms with van der Waals surface area (Å²) in [7, 11) is 1.12. The van der Waals surface area contributed by atoms with Crippen molar-refractivity contribution in [3.63, 3.8) is 0 Å². The number of carbonyl (C=O) groups is 2. The van der Waals surface area contributed by atoms with Crippen LogP contribution in [0.15, 0.2) is 72.9 Å². The van der Waals surface area contributed by atoms with Gasteiger partial charge in [-0.3, -0.25) is 9.59 Å². The first kappa shape index (κ1) is 57.1. The van der Waals surface area contributed by atoms with Crippen LogP contribution in [0.2, 0.25) is 0 Å². The summed E-state index contributed by atoms with van der Waals surface area (Å²) in [5.74, 6) is -5.87. The quantitative estimate of drug-likeness (QED) is 0.176. The number of aliphatic hydroxyl groups excluding tert-OH is 9. The summed E-state index contributed by atoms with van der Waals surface area (Å²) in [6, 6.07) is -1.12. The van der Waals surface area contributed by atoms with Gasteiger partial charge in [-0.1, -0.05) is 86.8 Å². The third-order valence-electron chi connectivity index (χ3n) is 12.4. The van der Waals surface area contributed by atoms with Crippen LogP contribution < -0.4 is 5.73 Å². The van der Waals surface area contributed by atoms with E-state index in [1.807, 2.05) is 49.5 Å². The maximum Gasteiger partial charge on any atom is 0.313 e. The molecule has 19 atom stereocenters. The first-order valence-corrected chi connectivity index (χ1v) is 23.0. The van der Waals surface area contributed by atoms with E-state index in [9.17, 15) is 60.7 Å². The van der Waals surface area contributed by atoms with Crippen LogP contribution in [-0.4, -0.2) is 168 Å². The molecule has 2 bridgehead atoms. The lowest BCUT2D eigenvalue weighted by molar-refractivity contribution is -0.308. The first-order valence-electron chi connectivity index (χ1n) is 23.0. The van der Waals surface area contributed by atoms with Gasteiger partial charge in [-0.25, -0.2) is 0 Å². The second kappa shape index (κ2) is 28.3. The predicted molar refractivity (Wildman–Crippen MR) is 241 cm³/mol. The zero-order valence-electron chi connectivity index (χ0n) is 38.8. The van der Waals surface area contributed by atoms with Crippen molar-refractivity contribution in [2.75, 3.05) is 7.11 Å². The third-order valence-corrected chi connectivity index (χ3v) is 12.4. The van der Waals surface area contributed by atoms with E-state index in [1.165, 1.54) is 0 Å². The summed E-state index contributed by atoms with van der Waals surface area (Å²) in [5.41, 5.74) is 6.06. The van der Waals surface area contributed by atoms with E-state index < -0.39 is 147 Å². The standard InChI is InChI=1S/C48H77NO17/c1-28-18-16-14-12-10-8-6-7-9-11-13-15-17-19-35(65-47-45(59)42(49)44(58)31(4)64-47)25-39-41(46(60)62-5)38(55)27-48(61,66-39)26-34(52)23-37(54)36(53)21-20-32(50)22-33(51)24-40(56)63-30(3)29(2)43(28)57/h6-7,9,11-19,28-39,41-45,47,50-55,57-59,61H,8,10,20-27,49H2,1-5H3/b7-6+,11-9+,14-12+,15-13+,18-16+,19-17+/t28-,29-,30-,31+,32+,33+,34-,35-,36+,37+,38-,39-,41+,42-,43+,44+,45-,47-,48+/m0/s1. The number of fused-ring (bicyclic) bond motifs is 2. The van der Waals surface area contributed by atoms with Crippen molar-refractivity contribution in [2.45, 2.75) is 189 Å². The summed E-state index contributed by atoms with van der Waals surface area (Å²) in [6.07, 6.45) is 3.30. The van der Waals surface area contributed by atoms with Crippen LogP contribution in [0.5, 0.6) is 0 Å². The number of rotatable bonds is 3. The molecule has 376 valence electrons. The number of nitrogens with two attached hydrogens (primary N) is 1. The van der Waals surface area contributed by atoms with Crippen LogP contribution >= 0.6 is 0 Å². The van der Waals surface area contributed by atoms with E-state index in [2.05, 4.69) is 0 Å². The van der Waals surface area contributed by atoms with Gasteiger partial charge in [0.05, 0.1) is 86.7 Å². The minimum atomic E-state index is -2.27. The van der Waals surface area contributed by atoms with Crippen LogP contribution in [0.25, 0.3) is 0 Å². The molecule has 0 unspecified atom stereocenters. The normalized spacial score (nSPS) is 44.7. The van der Waals surface area contributed by atoms with Crippen LogP contribution in [0, 0.1) is 17.8 Å². The highest BCUT2D eigenvalue weighted by Gasteiger charge is 2.51. The van der Waals surface area contributed by atoms with E-state index in [4.69, 9.17) is 29.4 Å². The lowest BCUT2D eigenvalue weighted by atomic mass is 9.82. The Kier molecular flexibility index (Phi) is 24.5. The Bertz CT molecular complexity index is 1640. The van der Waals surface area contributed by atoms with Gasteiger partial charge in [0.15, 0.2) is 12.1 Å². The van der Waals surface area contributed by atoms with Crippen molar-refractivity contribution in [3.05, 3.63) is 72.9 Å². The lowest BCUT2D eigenvalue weighted by Crippen LogP contribution is -2.61. The fourth-order valence-corrected chi connectivity index (χ4v) is 8.25. The minimum absolute atomic E-state index is 0.0912. The number of methoxy groups -OCH3 is 1. The zero-order valence-corrected chi connectivity index (χ0v) is 38.8. The SMILES string of the molecule is COC(=O)[C@H]1[C@@H]2C[C@@H](O[C@@H]3O[C@H](C)[C@@H](O)[C@H](N)[C@@H]3O)/C=C/C=C/C=C/C=C/CC/C=C/C=C/[C@H](C)[C@@H](O)[C@@H](C)[C@H](C)OC(=O)C[C@H](O)C[C@H](O)CC[C@@H](O)[C@H](O)C[C@H](O)C[C@](O)(C[C@@H]1O)O2. The average Bonchev–Trinajstić information content (AvgIpc) is 3.24. The number of aliphatic hydroxyl groups is 10. The highest BCUT2D eigenvalue weighted by molar-refractivity contribution is 5.74. The molecule has 12 N–H and O–H groups in total. The van der Waals surface area contributed by atoms with Gasteiger partial charge in [-0.2, -0.15) is 0 Å². The van der Waals surface area contributed by atoms with Gasteiger partial charge in [0.1, 0.15) is 18.1 Å². The molecule has 0 aromatic carbocycles. The number of cyclic esters (lactones) is 1. The van der Waals surface area contributed by atoms with Gasteiger partial charge in [0.2, 0.25) is 0 Å². The van der Waals surface area contributed by atoms with Gasteiger partial charge in [-0.05, 0) is 46.0 Å². The van der Waals surface area contributed by atoms with Gasteiger partial charge < -0.3 is 80.5 Å².